The number of rotatable bonds is 3. The second-order valence-electron chi connectivity index (χ2n) is 3.51. The van der Waals surface area contributed by atoms with Gasteiger partial charge in [-0.25, -0.2) is 17.8 Å². The molecule has 1 aromatic carbocycles. The van der Waals surface area contributed by atoms with Crippen LogP contribution in [0, 0.1) is 0 Å². The molecule has 0 aliphatic heterocycles. The molecule has 0 aliphatic rings. The zero-order valence-corrected chi connectivity index (χ0v) is 11.0. The Labute approximate surface area is 109 Å². The first-order chi connectivity index (χ1) is 8.44. The fourth-order valence-electron chi connectivity index (χ4n) is 1.39. The van der Waals surface area contributed by atoms with E-state index >= 15 is 0 Å². The number of nitrogens with one attached hydrogen (secondary N) is 1. The lowest BCUT2D eigenvalue weighted by molar-refractivity contribution is 0.588. The van der Waals surface area contributed by atoms with Gasteiger partial charge < -0.3 is 5.73 Å². The van der Waals surface area contributed by atoms with Crippen LogP contribution in [-0.2, 0) is 10.0 Å². The van der Waals surface area contributed by atoms with Crippen molar-refractivity contribution in [3.63, 3.8) is 0 Å². The van der Waals surface area contributed by atoms with Gasteiger partial charge in [-0.3, -0.25) is 0 Å². The number of hydrogen-bond donors (Lipinski definition) is 2. The highest BCUT2D eigenvalue weighted by molar-refractivity contribution is 7.89. The Morgan fingerprint density at radius 2 is 1.94 bits per heavy atom. The molecule has 0 unspecified atom stereocenters. The van der Waals surface area contributed by atoms with E-state index in [-0.39, 0.29) is 10.7 Å². The molecule has 8 heteroatoms. The maximum Gasteiger partial charge on any atom is 0.240 e. The first-order valence-corrected chi connectivity index (χ1v) is 6.85. The summed E-state index contributed by atoms with van der Waals surface area (Å²) in [5.74, 6) is 0.226. The molecule has 6 nitrogen and oxygen atoms in total. The molecule has 0 saturated heterocycles. The van der Waals surface area contributed by atoms with Crippen LogP contribution in [0.25, 0.3) is 5.69 Å². The molecule has 0 saturated carbocycles. The van der Waals surface area contributed by atoms with Crippen molar-refractivity contribution >= 4 is 27.4 Å². The van der Waals surface area contributed by atoms with Gasteiger partial charge in [0.1, 0.15) is 5.02 Å². The topological polar surface area (TPSA) is 90.0 Å². The summed E-state index contributed by atoms with van der Waals surface area (Å²) in [6.07, 6.45) is 1.55. The van der Waals surface area contributed by atoms with Crippen LogP contribution in [-0.4, -0.2) is 25.2 Å². The van der Waals surface area contributed by atoms with Crippen molar-refractivity contribution in [3.05, 3.63) is 35.5 Å². The summed E-state index contributed by atoms with van der Waals surface area (Å²) < 4.78 is 26.8. The van der Waals surface area contributed by atoms with Gasteiger partial charge in [-0.15, -0.1) is 5.10 Å². The molecular formula is C10H11ClN4O2S. The smallest absolute Gasteiger partial charge is 0.240 e. The van der Waals surface area contributed by atoms with Gasteiger partial charge in [0.05, 0.1) is 16.8 Å². The van der Waals surface area contributed by atoms with Crippen molar-refractivity contribution in [1.82, 2.24) is 14.5 Å². The van der Waals surface area contributed by atoms with Crippen molar-refractivity contribution in [2.24, 2.45) is 0 Å². The average molecular weight is 287 g/mol. The van der Waals surface area contributed by atoms with E-state index in [1.54, 1.807) is 18.3 Å². The zero-order valence-electron chi connectivity index (χ0n) is 9.46. The summed E-state index contributed by atoms with van der Waals surface area (Å²) in [6.45, 7) is 0. The van der Waals surface area contributed by atoms with E-state index in [4.69, 9.17) is 17.3 Å². The number of nitrogens with zero attached hydrogens (tertiary/aromatic N) is 2. The number of nitrogens with two attached hydrogens (primary N) is 1. The largest absolute Gasteiger partial charge is 0.381 e. The van der Waals surface area contributed by atoms with Gasteiger partial charge in [-0.2, -0.15) is 0 Å². The third-order valence-electron chi connectivity index (χ3n) is 2.38. The number of sulfonamides is 1. The van der Waals surface area contributed by atoms with Crippen molar-refractivity contribution < 1.29 is 8.42 Å². The highest BCUT2D eigenvalue weighted by Gasteiger charge is 2.11. The number of aromatic nitrogens is 2. The Hall–Kier alpha value is -1.57. The normalized spacial score (nSPS) is 11.7. The number of benzene rings is 1. The van der Waals surface area contributed by atoms with Crippen molar-refractivity contribution in [2.75, 3.05) is 12.8 Å². The summed E-state index contributed by atoms with van der Waals surface area (Å²) in [7, 11) is -2.07. The van der Waals surface area contributed by atoms with E-state index in [1.807, 2.05) is 0 Å². The summed E-state index contributed by atoms with van der Waals surface area (Å²) in [5, 5.41) is 4.34. The lowest BCUT2D eigenvalue weighted by atomic mass is 10.3. The molecule has 0 bridgehead atoms. The highest BCUT2D eigenvalue weighted by atomic mass is 35.5. The van der Waals surface area contributed by atoms with Crippen LogP contribution >= 0.6 is 11.6 Å². The third kappa shape index (κ3) is 2.33. The zero-order chi connectivity index (χ0) is 13.3. The van der Waals surface area contributed by atoms with Crippen LogP contribution in [0.1, 0.15) is 0 Å². The maximum atomic E-state index is 11.5. The molecule has 0 spiro atoms. The van der Waals surface area contributed by atoms with Crippen molar-refractivity contribution in [3.8, 4) is 5.69 Å². The molecule has 18 heavy (non-hydrogen) atoms. The molecule has 1 heterocycles. The maximum absolute atomic E-state index is 11.5. The second-order valence-corrected chi connectivity index (χ2v) is 5.80. The van der Waals surface area contributed by atoms with Crippen LogP contribution in [0.15, 0.2) is 35.4 Å². The van der Waals surface area contributed by atoms with Gasteiger partial charge in [0.15, 0.2) is 5.82 Å². The number of halogens is 1. The molecule has 0 radical (unpaired) electrons. The standard InChI is InChI=1S/C10H11ClN4O2S/c1-13-18(16,17)8-4-2-7(3-5-8)15-6-9(11)10(12)14-15/h2-6,13H,1H3,(H2,12,14). The molecule has 96 valence electrons. The lowest BCUT2D eigenvalue weighted by Crippen LogP contribution is -2.18. The Kier molecular flexibility index (Phi) is 3.29. The molecular weight excluding hydrogens is 276 g/mol. The second kappa shape index (κ2) is 4.60. The van der Waals surface area contributed by atoms with Crippen LogP contribution in [0.3, 0.4) is 0 Å². The average Bonchev–Trinajstić information content (AvgIpc) is 2.70. The lowest BCUT2D eigenvalue weighted by Gasteiger charge is -2.04. The van der Waals surface area contributed by atoms with E-state index in [0.717, 1.165) is 0 Å². The minimum atomic E-state index is -3.43. The van der Waals surface area contributed by atoms with Crippen LogP contribution in [0.5, 0.6) is 0 Å². The fourth-order valence-corrected chi connectivity index (χ4v) is 2.25. The van der Waals surface area contributed by atoms with Crippen molar-refractivity contribution in [1.29, 1.82) is 0 Å². The van der Waals surface area contributed by atoms with Crippen LogP contribution < -0.4 is 10.5 Å². The predicted molar refractivity (Wildman–Crippen MR) is 69.2 cm³/mol. The first-order valence-electron chi connectivity index (χ1n) is 4.98. The van der Waals surface area contributed by atoms with E-state index < -0.39 is 10.0 Å². The molecule has 3 N–H and O–H groups in total. The van der Waals surface area contributed by atoms with E-state index in [1.165, 1.54) is 23.9 Å². The Morgan fingerprint density at radius 3 is 2.39 bits per heavy atom. The predicted octanol–water partition coefficient (Wildman–Crippen LogP) is 1.02. The molecule has 0 aliphatic carbocycles. The summed E-state index contributed by atoms with van der Waals surface area (Å²) >= 11 is 5.79. The number of anilines is 1. The van der Waals surface area contributed by atoms with E-state index in [0.29, 0.717) is 10.7 Å². The minimum absolute atomic E-state index is 0.181. The Balaban J connectivity index is 2.39. The molecule has 0 atom stereocenters. The van der Waals surface area contributed by atoms with E-state index in [9.17, 15) is 8.42 Å². The van der Waals surface area contributed by atoms with Gasteiger partial charge in [-0.1, -0.05) is 11.6 Å². The van der Waals surface area contributed by atoms with Crippen molar-refractivity contribution in [2.45, 2.75) is 4.90 Å². The van der Waals surface area contributed by atoms with E-state index in [2.05, 4.69) is 9.82 Å². The number of hydrogen-bond acceptors (Lipinski definition) is 4. The fraction of sp³-hybridized carbons (Fsp3) is 0.100. The number of nitrogen functional groups attached to an aromatic ring is 1. The van der Waals surface area contributed by atoms with Gasteiger partial charge in [-0.05, 0) is 31.3 Å². The third-order valence-corrected chi connectivity index (χ3v) is 4.10. The first kappa shape index (κ1) is 12.9. The van der Waals surface area contributed by atoms with Gasteiger partial charge in [0.25, 0.3) is 0 Å². The SMILES string of the molecule is CNS(=O)(=O)c1ccc(-n2cc(Cl)c(N)n2)cc1. The summed E-state index contributed by atoms with van der Waals surface area (Å²) in [6, 6.07) is 6.19. The van der Waals surface area contributed by atoms with Gasteiger partial charge >= 0.3 is 0 Å². The molecule has 2 aromatic rings. The molecule has 1 aromatic heterocycles. The molecule has 2 rings (SSSR count). The quantitative estimate of drug-likeness (QED) is 0.881. The summed E-state index contributed by atoms with van der Waals surface area (Å²) in [5.41, 5.74) is 6.20. The van der Waals surface area contributed by atoms with Crippen LogP contribution in [0.4, 0.5) is 5.82 Å². The molecule has 0 fully saturated rings. The Bertz CT molecular complexity index is 644. The van der Waals surface area contributed by atoms with Crippen LogP contribution in [0.2, 0.25) is 5.02 Å². The summed E-state index contributed by atoms with van der Waals surface area (Å²) in [4.78, 5) is 0.181. The monoisotopic (exact) mass is 286 g/mol. The molecule has 0 amide bonds. The van der Waals surface area contributed by atoms with Gasteiger partial charge in [0.2, 0.25) is 10.0 Å². The minimum Gasteiger partial charge on any atom is -0.381 e. The highest BCUT2D eigenvalue weighted by Crippen LogP contribution is 2.19. The Morgan fingerprint density at radius 1 is 1.33 bits per heavy atom. The van der Waals surface area contributed by atoms with Gasteiger partial charge in [0, 0.05) is 0 Å².